The highest BCUT2D eigenvalue weighted by atomic mass is 32.1. The van der Waals surface area contributed by atoms with Crippen molar-refractivity contribution in [2.45, 2.75) is 31.9 Å². The maximum absolute atomic E-state index is 13.4. The smallest absolute Gasteiger partial charge is 0.229 e. The number of hydrogen-bond acceptors (Lipinski definition) is 7. The van der Waals surface area contributed by atoms with E-state index in [0.717, 1.165) is 47.0 Å². The summed E-state index contributed by atoms with van der Waals surface area (Å²) < 4.78 is 22.1. The van der Waals surface area contributed by atoms with Crippen LogP contribution in [0.5, 0.6) is 17.2 Å². The van der Waals surface area contributed by atoms with Gasteiger partial charge in [-0.3, -0.25) is 4.79 Å². The highest BCUT2D eigenvalue weighted by molar-refractivity contribution is 7.13. The average Bonchev–Trinajstić information content (AvgIpc) is 3.56. The van der Waals surface area contributed by atoms with Gasteiger partial charge in [0.2, 0.25) is 5.91 Å². The summed E-state index contributed by atoms with van der Waals surface area (Å²) in [5, 5.41) is 2.77. The number of ether oxygens (including phenoxy) is 4. The van der Waals surface area contributed by atoms with E-state index in [1.54, 1.807) is 21.3 Å². The molecule has 8 heteroatoms. The number of carbonyl (C=O) groups is 1. The van der Waals surface area contributed by atoms with E-state index in [4.69, 9.17) is 23.9 Å². The lowest BCUT2D eigenvalue weighted by atomic mass is 10.1. The summed E-state index contributed by atoms with van der Waals surface area (Å²) in [7, 11) is 4.87. The zero-order valence-corrected chi connectivity index (χ0v) is 20.6. The van der Waals surface area contributed by atoms with Crippen LogP contribution in [-0.2, 0) is 22.5 Å². The number of benzene rings is 2. The second-order valence-corrected chi connectivity index (χ2v) is 8.97. The summed E-state index contributed by atoms with van der Waals surface area (Å²) in [5.41, 5.74) is 2.64. The monoisotopic (exact) mass is 482 g/mol. The molecule has 0 aliphatic carbocycles. The Hall–Kier alpha value is -3.10. The highest BCUT2D eigenvalue weighted by Gasteiger charge is 2.24. The molecule has 1 amide bonds. The molecule has 0 spiro atoms. The predicted octanol–water partition coefficient (Wildman–Crippen LogP) is 4.59. The molecule has 3 aromatic rings. The van der Waals surface area contributed by atoms with Crippen molar-refractivity contribution in [2.24, 2.45) is 0 Å². The molecule has 1 unspecified atom stereocenters. The first-order valence-electron chi connectivity index (χ1n) is 11.3. The van der Waals surface area contributed by atoms with Gasteiger partial charge in [0, 0.05) is 36.2 Å². The van der Waals surface area contributed by atoms with Gasteiger partial charge in [0.1, 0.15) is 10.8 Å². The molecule has 2 aromatic carbocycles. The molecule has 1 aliphatic rings. The fraction of sp³-hybridized carbons (Fsp3) is 0.385. The highest BCUT2D eigenvalue weighted by Crippen LogP contribution is 2.33. The van der Waals surface area contributed by atoms with E-state index in [-0.39, 0.29) is 18.4 Å². The molecule has 0 radical (unpaired) electrons. The molecular weight excluding hydrogens is 452 g/mol. The number of carbonyl (C=O) groups excluding carboxylic acids is 1. The van der Waals surface area contributed by atoms with Crippen molar-refractivity contribution in [3.8, 4) is 27.8 Å². The first-order chi connectivity index (χ1) is 16.6. The van der Waals surface area contributed by atoms with Gasteiger partial charge in [-0.05, 0) is 37.1 Å². The van der Waals surface area contributed by atoms with Gasteiger partial charge < -0.3 is 23.8 Å². The molecule has 1 atom stereocenters. The fourth-order valence-electron chi connectivity index (χ4n) is 4.08. The molecule has 1 fully saturated rings. The van der Waals surface area contributed by atoms with E-state index in [1.807, 2.05) is 52.7 Å². The molecule has 1 aliphatic heterocycles. The number of nitrogens with zero attached hydrogens (tertiary/aromatic N) is 2. The lowest BCUT2D eigenvalue weighted by Crippen LogP contribution is -2.38. The minimum atomic E-state index is 0.0190. The molecule has 7 nitrogen and oxygen atoms in total. The second-order valence-electron chi connectivity index (χ2n) is 8.11. The molecular formula is C26H30N2O5S. The van der Waals surface area contributed by atoms with Gasteiger partial charge >= 0.3 is 0 Å². The zero-order chi connectivity index (χ0) is 23.9. The third-order valence-electron chi connectivity index (χ3n) is 5.87. The van der Waals surface area contributed by atoms with Gasteiger partial charge in [0.05, 0.1) is 39.5 Å². The summed E-state index contributed by atoms with van der Waals surface area (Å²) >= 11 is 1.51. The van der Waals surface area contributed by atoms with Gasteiger partial charge in [-0.2, -0.15) is 0 Å². The van der Waals surface area contributed by atoms with E-state index in [2.05, 4.69) is 0 Å². The zero-order valence-electron chi connectivity index (χ0n) is 19.8. The number of para-hydroxylation sites is 1. The van der Waals surface area contributed by atoms with Gasteiger partial charge in [-0.15, -0.1) is 11.3 Å². The van der Waals surface area contributed by atoms with Crippen LogP contribution in [-0.4, -0.2) is 56.4 Å². The van der Waals surface area contributed by atoms with Crippen LogP contribution >= 0.6 is 11.3 Å². The van der Waals surface area contributed by atoms with Crippen molar-refractivity contribution in [1.82, 2.24) is 9.88 Å². The van der Waals surface area contributed by atoms with Gasteiger partial charge in [-0.1, -0.05) is 18.2 Å². The minimum Gasteiger partial charge on any atom is -0.496 e. The Morgan fingerprint density at radius 1 is 1.09 bits per heavy atom. The van der Waals surface area contributed by atoms with Crippen LogP contribution < -0.4 is 14.2 Å². The molecule has 1 saturated heterocycles. The minimum absolute atomic E-state index is 0.0190. The maximum atomic E-state index is 13.4. The number of aromatic nitrogens is 1. The summed E-state index contributed by atoms with van der Waals surface area (Å²) in [6.45, 7) is 1.78. The molecule has 4 rings (SSSR count). The van der Waals surface area contributed by atoms with Crippen molar-refractivity contribution < 1.29 is 23.7 Å². The number of amides is 1. The molecule has 1 aromatic heterocycles. The number of hydrogen-bond donors (Lipinski definition) is 0. The van der Waals surface area contributed by atoms with Crippen molar-refractivity contribution in [3.63, 3.8) is 0 Å². The standard InChI is InChI=1S/C26H30N2O5S/c1-30-22-9-5-4-7-19(22)15-28(16-21-8-6-12-33-21)25(29)14-20-17-34-26(27-20)18-10-11-23(31-2)24(13-18)32-3/h4-5,7,9-11,13,17,21H,6,8,12,14-16H2,1-3H3. The molecule has 0 saturated carbocycles. The quantitative estimate of drug-likeness (QED) is 0.421. The van der Waals surface area contributed by atoms with E-state index in [1.165, 1.54) is 11.3 Å². The van der Waals surface area contributed by atoms with Gasteiger partial charge in [0.25, 0.3) is 0 Å². The molecule has 0 N–H and O–H groups in total. The van der Waals surface area contributed by atoms with Crippen molar-refractivity contribution in [3.05, 3.63) is 59.1 Å². The van der Waals surface area contributed by atoms with Gasteiger partial charge in [-0.25, -0.2) is 4.98 Å². The van der Waals surface area contributed by atoms with E-state index in [9.17, 15) is 4.79 Å². The lowest BCUT2D eigenvalue weighted by Gasteiger charge is -2.26. The predicted molar refractivity (Wildman–Crippen MR) is 132 cm³/mol. The summed E-state index contributed by atoms with van der Waals surface area (Å²) in [5.74, 6) is 2.11. The molecule has 2 heterocycles. The summed E-state index contributed by atoms with van der Waals surface area (Å²) in [6.07, 6.45) is 2.29. The number of rotatable bonds is 10. The normalized spacial score (nSPS) is 15.2. The van der Waals surface area contributed by atoms with E-state index < -0.39 is 0 Å². The molecule has 0 bridgehead atoms. The number of methoxy groups -OCH3 is 3. The Balaban J connectivity index is 1.50. The number of thiazole rings is 1. The largest absolute Gasteiger partial charge is 0.496 e. The Bertz CT molecular complexity index is 1110. The third kappa shape index (κ3) is 5.69. The Morgan fingerprint density at radius 2 is 1.88 bits per heavy atom. The topological polar surface area (TPSA) is 70.1 Å². The Kier molecular flexibility index (Phi) is 8.03. The summed E-state index contributed by atoms with van der Waals surface area (Å²) in [4.78, 5) is 20.0. The fourth-order valence-corrected chi connectivity index (χ4v) is 4.90. The SMILES string of the molecule is COc1ccccc1CN(CC1CCCO1)C(=O)Cc1csc(-c2ccc(OC)c(OC)c2)n1. The van der Waals surface area contributed by atoms with Crippen LogP contribution in [0, 0.1) is 0 Å². The lowest BCUT2D eigenvalue weighted by molar-refractivity contribution is -0.132. The van der Waals surface area contributed by atoms with Crippen molar-refractivity contribution in [2.75, 3.05) is 34.5 Å². The van der Waals surface area contributed by atoms with Crippen LogP contribution in [0.25, 0.3) is 10.6 Å². The van der Waals surface area contributed by atoms with Crippen LogP contribution in [0.3, 0.4) is 0 Å². The van der Waals surface area contributed by atoms with Crippen LogP contribution in [0.1, 0.15) is 24.1 Å². The second kappa shape index (κ2) is 11.4. The Morgan fingerprint density at radius 3 is 2.62 bits per heavy atom. The van der Waals surface area contributed by atoms with Crippen molar-refractivity contribution in [1.29, 1.82) is 0 Å². The van der Waals surface area contributed by atoms with Crippen LogP contribution in [0.15, 0.2) is 47.8 Å². The Labute approximate surface area is 204 Å². The molecule has 180 valence electrons. The summed E-state index contributed by atoms with van der Waals surface area (Å²) in [6, 6.07) is 13.5. The maximum Gasteiger partial charge on any atom is 0.229 e. The van der Waals surface area contributed by atoms with E-state index in [0.29, 0.717) is 24.6 Å². The van der Waals surface area contributed by atoms with E-state index >= 15 is 0 Å². The van der Waals surface area contributed by atoms with Crippen molar-refractivity contribution >= 4 is 17.2 Å². The van der Waals surface area contributed by atoms with Crippen LogP contribution in [0.4, 0.5) is 0 Å². The first-order valence-corrected chi connectivity index (χ1v) is 12.2. The average molecular weight is 483 g/mol. The van der Waals surface area contributed by atoms with Gasteiger partial charge in [0.15, 0.2) is 11.5 Å². The molecule has 34 heavy (non-hydrogen) atoms. The van der Waals surface area contributed by atoms with Crippen LogP contribution in [0.2, 0.25) is 0 Å². The first kappa shape index (κ1) is 24.0. The third-order valence-corrected chi connectivity index (χ3v) is 6.81.